The van der Waals surface area contributed by atoms with E-state index in [2.05, 4.69) is 36.1 Å². The molecule has 1 amide bonds. The molecule has 1 aliphatic carbocycles. The Morgan fingerprint density at radius 3 is 2.80 bits per heavy atom. The van der Waals surface area contributed by atoms with Crippen LogP contribution in [0.1, 0.15) is 40.0 Å². The first-order valence-corrected chi connectivity index (χ1v) is 9.06. The van der Waals surface area contributed by atoms with Crippen molar-refractivity contribution in [3.63, 3.8) is 0 Å². The van der Waals surface area contributed by atoms with Gasteiger partial charge in [0.2, 0.25) is 5.91 Å². The van der Waals surface area contributed by atoms with E-state index < -0.39 is 0 Å². The zero-order valence-corrected chi connectivity index (χ0v) is 15.1. The molecule has 0 radical (unpaired) electrons. The Kier molecular flexibility index (Phi) is 5.27. The second-order valence-corrected chi connectivity index (χ2v) is 7.56. The second kappa shape index (κ2) is 7.44. The summed E-state index contributed by atoms with van der Waals surface area (Å²) in [5.41, 5.74) is 1.78. The van der Waals surface area contributed by atoms with Gasteiger partial charge in [-0.3, -0.25) is 4.79 Å². The Morgan fingerprint density at radius 2 is 2.04 bits per heavy atom. The maximum atomic E-state index is 12.2. The van der Waals surface area contributed by atoms with E-state index in [1.165, 1.54) is 12.8 Å². The van der Waals surface area contributed by atoms with E-state index in [0.717, 1.165) is 11.9 Å². The molecule has 1 heterocycles. The summed E-state index contributed by atoms with van der Waals surface area (Å²) in [6.45, 7) is 6.76. The Hall–Kier alpha value is -2.08. The van der Waals surface area contributed by atoms with Gasteiger partial charge >= 0.3 is 5.69 Å². The van der Waals surface area contributed by atoms with E-state index in [1.54, 1.807) is 18.2 Å². The summed E-state index contributed by atoms with van der Waals surface area (Å²) in [6.07, 6.45) is 3.58. The largest absolute Gasteiger partial charge is 0.368 e. The molecule has 0 saturated heterocycles. The van der Waals surface area contributed by atoms with Crippen LogP contribution in [-0.2, 0) is 9.53 Å². The molecule has 136 valence electrons. The van der Waals surface area contributed by atoms with Gasteiger partial charge in [-0.05, 0) is 48.8 Å². The quantitative estimate of drug-likeness (QED) is 0.777. The number of rotatable bonds is 5. The molecule has 3 N–H and O–H groups in total. The number of carbonyl (C=O) groups excluding carboxylic acids is 1. The number of fused-ring (bicyclic) bond motifs is 1. The summed E-state index contributed by atoms with van der Waals surface area (Å²) in [7, 11) is 0. The Labute approximate surface area is 147 Å². The molecule has 0 unspecified atom stereocenters. The summed E-state index contributed by atoms with van der Waals surface area (Å²) < 4.78 is 5.98. The third-order valence-corrected chi connectivity index (χ3v) is 5.19. The minimum absolute atomic E-state index is 0.0578. The summed E-state index contributed by atoms with van der Waals surface area (Å²) >= 11 is 0. The van der Waals surface area contributed by atoms with Crippen LogP contribution in [0, 0.1) is 17.8 Å². The van der Waals surface area contributed by atoms with E-state index in [4.69, 9.17) is 4.74 Å². The van der Waals surface area contributed by atoms with Crippen LogP contribution in [0.25, 0.3) is 11.0 Å². The van der Waals surface area contributed by atoms with Crippen molar-refractivity contribution < 1.29 is 9.53 Å². The molecule has 0 aliphatic heterocycles. The maximum absolute atomic E-state index is 12.2. The third-order valence-electron chi connectivity index (χ3n) is 5.19. The molecule has 1 aliphatic rings. The van der Waals surface area contributed by atoms with Crippen molar-refractivity contribution in [2.45, 2.75) is 46.1 Å². The monoisotopic (exact) mass is 345 g/mol. The fraction of sp³-hybridized carbons (Fsp3) is 0.579. The average Bonchev–Trinajstić information content (AvgIpc) is 2.92. The molecule has 0 bridgehead atoms. The minimum Gasteiger partial charge on any atom is -0.368 e. The number of ether oxygens (including phenoxy) is 1. The molecule has 1 aromatic heterocycles. The molecule has 6 heteroatoms. The SMILES string of the molecule is CC(C)[C@@H]1CC[C@@H](C)C[C@H]1OCC(=O)Nc1ccc2[nH]c(=O)[nH]c2c1. The summed E-state index contributed by atoms with van der Waals surface area (Å²) in [6, 6.07) is 5.27. The lowest BCUT2D eigenvalue weighted by atomic mass is 9.75. The first kappa shape index (κ1) is 17.7. The summed E-state index contributed by atoms with van der Waals surface area (Å²) in [5, 5.41) is 2.84. The summed E-state index contributed by atoms with van der Waals surface area (Å²) in [4.78, 5) is 28.9. The van der Waals surface area contributed by atoms with Crippen molar-refractivity contribution >= 4 is 22.6 Å². The predicted molar refractivity (Wildman–Crippen MR) is 98.6 cm³/mol. The van der Waals surface area contributed by atoms with E-state index >= 15 is 0 Å². The highest BCUT2D eigenvalue weighted by atomic mass is 16.5. The Morgan fingerprint density at radius 1 is 1.28 bits per heavy atom. The first-order chi connectivity index (χ1) is 11.9. The molecule has 0 spiro atoms. The highest BCUT2D eigenvalue weighted by molar-refractivity contribution is 5.93. The average molecular weight is 345 g/mol. The van der Waals surface area contributed by atoms with Gasteiger partial charge in [0, 0.05) is 5.69 Å². The van der Waals surface area contributed by atoms with E-state index in [0.29, 0.717) is 29.0 Å². The van der Waals surface area contributed by atoms with Gasteiger partial charge in [0.1, 0.15) is 6.61 Å². The first-order valence-electron chi connectivity index (χ1n) is 9.06. The van der Waals surface area contributed by atoms with Crippen LogP contribution < -0.4 is 11.0 Å². The topological polar surface area (TPSA) is 87.0 Å². The lowest BCUT2D eigenvalue weighted by molar-refractivity contribution is -0.126. The molecule has 1 aromatic carbocycles. The molecule has 2 aromatic rings. The number of aromatic amines is 2. The maximum Gasteiger partial charge on any atom is 0.323 e. The molecule has 25 heavy (non-hydrogen) atoms. The molecular formula is C19H27N3O3. The fourth-order valence-electron chi connectivity index (χ4n) is 3.80. The van der Waals surface area contributed by atoms with E-state index in [1.807, 2.05) is 0 Å². The Balaban J connectivity index is 1.58. The zero-order chi connectivity index (χ0) is 18.0. The molecule has 6 nitrogen and oxygen atoms in total. The molecule has 1 fully saturated rings. The lowest BCUT2D eigenvalue weighted by Gasteiger charge is -2.37. The van der Waals surface area contributed by atoms with Crippen molar-refractivity contribution in [2.24, 2.45) is 17.8 Å². The molecule has 1 saturated carbocycles. The van der Waals surface area contributed by atoms with Gasteiger partial charge in [-0.15, -0.1) is 0 Å². The van der Waals surface area contributed by atoms with Crippen LogP contribution in [0.15, 0.2) is 23.0 Å². The van der Waals surface area contributed by atoms with Crippen molar-refractivity contribution in [3.8, 4) is 0 Å². The number of H-pyrrole nitrogens is 2. The predicted octanol–water partition coefficient (Wildman–Crippen LogP) is 3.27. The van der Waals surface area contributed by atoms with Crippen LogP contribution in [0.3, 0.4) is 0 Å². The highest BCUT2D eigenvalue weighted by Crippen LogP contribution is 2.35. The highest BCUT2D eigenvalue weighted by Gasteiger charge is 2.31. The number of carbonyl (C=O) groups is 1. The van der Waals surface area contributed by atoms with E-state index in [9.17, 15) is 9.59 Å². The van der Waals surface area contributed by atoms with Crippen molar-refractivity contribution in [1.29, 1.82) is 0 Å². The van der Waals surface area contributed by atoms with E-state index in [-0.39, 0.29) is 24.3 Å². The van der Waals surface area contributed by atoms with Gasteiger partial charge in [-0.25, -0.2) is 4.79 Å². The van der Waals surface area contributed by atoms with Gasteiger partial charge in [-0.1, -0.05) is 27.2 Å². The number of hydrogen-bond acceptors (Lipinski definition) is 3. The van der Waals surface area contributed by atoms with Gasteiger partial charge in [0.05, 0.1) is 17.1 Å². The number of hydrogen-bond donors (Lipinski definition) is 3. The van der Waals surface area contributed by atoms with Gasteiger partial charge in [0.15, 0.2) is 0 Å². The smallest absolute Gasteiger partial charge is 0.323 e. The van der Waals surface area contributed by atoms with Crippen molar-refractivity contribution in [1.82, 2.24) is 9.97 Å². The van der Waals surface area contributed by atoms with Gasteiger partial charge < -0.3 is 20.0 Å². The number of aromatic nitrogens is 2. The Bertz CT molecular complexity index is 793. The number of nitrogens with one attached hydrogen (secondary N) is 3. The minimum atomic E-state index is -0.257. The zero-order valence-electron chi connectivity index (χ0n) is 15.1. The van der Waals surface area contributed by atoms with Crippen molar-refractivity contribution in [2.75, 3.05) is 11.9 Å². The van der Waals surface area contributed by atoms with Crippen LogP contribution >= 0.6 is 0 Å². The second-order valence-electron chi connectivity index (χ2n) is 7.56. The molecule has 3 rings (SSSR count). The standard InChI is InChI=1S/C19H27N3O3/c1-11(2)14-6-4-12(3)8-17(14)25-10-18(23)20-13-5-7-15-16(9-13)22-19(24)21-15/h5,7,9,11-12,14,17H,4,6,8,10H2,1-3H3,(H,20,23)(H2,21,22,24)/t12-,14+,17-/m1/s1. The fourth-order valence-corrected chi connectivity index (χ4v) is 3.80. The number of amides is 1. The van der Waals surface area contributed by atoms with Gasteiger partial charge in [0.25, 0.3) is 0 Å². The van der Waals surface area contributed by atoms with Crippen LogP contribution in [-0.4, -0.2) is 28.6 Å². The van der Waals surface area contributed by atoms with Crippen LogP contribution in [0.4, 0.5) is 5.69 Å². The van der Waals surface area contributed by atoms with Crippen LogP contribution in [0.2, 0.25) is 0 Å². The number of benzene rings is 1. The number of anilines is 1. The summed E-state index contributed by atoms with van der Waals surface area (Å²) in [5.74, 6) is 1.56. The number of imidazole rings is 1. The third kappa shape index (κ3) is 4.31. The van der Waals surface area contributed by atoms with Gasteiger partial charge in [-0.2, -0.15) is 0 Å². The normalized spacial score (nSPS) is 23.9. The molecule has 3 atom stereocenters. The van der Waals surface area contributed by atoms with Crippen LogP contribution in [0.5, 0.6) is 0 Å². The molecular weight excluding hydrogens is 318 g/mol. The van der Waals surface area contributed by atoms with Crippen molar-refractivity contribution in [3.05, 3.63) is 28.7 Å². The lowest BCUT2D eigenvalue weighted by Crippen LogP contribution is -2.36.